The van der Waals surface area contributed by atoms with Crippen molar-refractivity contribution in [2.24, 2.45) is 0 Å². The fourth-order valence-electron chi connectivity index (χ4n) is 2.78. The molecule has 0 spiro atoms. The van der Waals surface area contributed by atoms with Gasteiger partial charge in [-0.1, -0.05) is 24.3 Å². The van der Waals surface area contributed by atoms with Gasteiger partial charge in [0.1, 0.15) is 11.5 Å². The highest BCUT2D eigenvalue weighted by Crippen LogP contribution is 2.23. The summed E-state index contributed by atoms with van der Waals surface area (Å²) in [6, 6.07) is 14.2. The van der Waals surface area contributed by atoms with Gasteiger partial charge in [-0.2, -0.15) is 0 Å². The number of hydrogen-bond donors (Lipinski definition) is 3. The van der Waals surface area contributed by atoms with Crippen LogP contribution >= 0.6 is 0 Å². The monoisotopic (exact) mass is 345 g/mol. The Hall–Kier alpha value is -2.08. The minimum Gasteiger partial charge on any atom is -0.497 e. The summed E-state index contributed by atoms with van der Waals surface area (Å²) < 4.78 is 10.3. The van der Waals surface area contributed by atoms with E-state index in [9.17, 15) is 10.2 Å². The molecular formula is C20H27NO4. The smallest absolute Gasteiger partial charge is 0.118 e. The molecular weight excluding hydrogens is 318 g/mol. The predicted octanol–water partition coefficient (Wildman–Crippen LogP) is 2.84. The largest absolute Gasteiger partial charge is 0.497 e. The van der Waals surface area contributed by atoms with Gasteiger partial charge in [0.15, 0.2) is 0 Å². The molecule has 3 N–H and O–H groups in total. The van der Waals surface area contributed by atoms with Crippen LogP contribution in [-0.2, 0) is 0 Å². The first-order valence-corrected chi connectivity index (χ1v) is 8.36. The molecule has 2 aromatic carbocycles. The van der Waals surface area contributed by atoms with Crippen LogP contribution in [0.3, 0.4) is 0 Å². The van der Waals surface area contributed by atoms with Crippen molar-refractivity contribution in [1.82, 2.24) is 5.32 Å². The second-order valence-electron chi connectivity index (χ2n) is 6.18. The molecule has 0 aliphatic rings. The number of benzene rings is 2. The average Bonchev–Trinajstić information content (AvgIpc) is 2.66. The minimum atomic E-state index is -0.684. The summed E-state index contributed by atoms with van der Waals surface area (Å²) >= 11 is 0. The Labute approximate surface area is 149 Å². The Morgan fingerprint density at radius 1 is 0.680 bits per heavy atom. The van der Waals surface area contributed by atoms with E-state index >= 15 is 0 Å². The average molecular weight is 345 g/mol. The molecule has 4 atom stereocenters. The maximum Gasteiger partial charge on any atom is 0.118 e. The molecule has 2 aromatic rings. The number of nitrogens with one attached hydrogen (secondary N) is 1. The van der Waals surface area contributed by atoms with Gasteiger partial charge >= 0.3 is 0 Å². The second kappa shape index (κ2) is 8.85. The summed E-state index contributed by atoms with van der Waals surface area (Å²) in [6.45, 7) is 3.79. The standard InChI is InChI=1S/C20H27NO4/c1-13(19(22)15-5-9-17(24-3)10-6-15)21-14(2)20(23)16-7-11-18(25-4)12-8-16/h5-14,19-23H,1-4H3/t13-,14-,19-,20+/m0/s1. The third-order valence-electron chi connectivity index (χ3n) is 4.39. The number of hydrogen-bond acceptors (Lipinski definition) is 5. The van der Waals surface area contributed by atoms with Crippen LogP contribution in [0.5, 0.6) is 11.5 Å². The number of aliphatic hydroxyl groups is 2. The van der Waals surface area contributed by atoms with E-state index in [-0.39, 0.29) is 12.1 Å². The van der Waals surface area contributed by atoms with Crippen molar-refractivity contribution in [3.05, 3.63) is 59.7 Å². The highest BCUT2D eigenvalue weighted by Gasteiger charge is 2.23. The number of rotatable bonds is 8. The molecule has 0 fully saturated rings. The van der Waals surface area contributed by atoms with Crippen LogP contribution in [0, 0.1) is 0 Å². The maximum absolute atomic E-state index is 10.5. The second-order valence-corrected chi connectivity index (χ2v) is 6.18. The number of ether oxygens (including phenoxy) is 2. The molecule has 2 rings (SSSR count). The molecule has 0 unspecified atom stereocenters. The summed E-state index contributed by atoms with van der Waals surface area (Å²) in [7, 11) is 3.22. The summed E-state index contributed by atoms with van der Waals surface area (Å²) in [6.07, 6.45) is -1.37. The summed E-state index contributed by atoms with van der Waals surface area (Å²) in [5, 5.41) is 24.3. The topological polar surface area (TPSA) is 71.0 Å². The SMILES string of the molecule is COc1ccc([C@@H](O)[C@H](C)N[C@@H](C)[C@@H](O)c2ccc(OC)cc2)cc1. The number of aliphatic hydroxyl groups excluding tert-OH is 2. The van der Waals surface area contributed by atoms with Crippen molar-refractivity contribution in [3.8, 4) is 11.5 Å². The summed E-state index contributed by atoms with van der Waals surface area (Å²) in [5.41, 5.74) is 1.60. The third-order valence-corrected chi connectivity index (χ3v) is 4.39. The molecule has 0 heterocycles. The summed E-state index contributed by atoms with van der Waals surface area (Å²) in [5.74, 6) is 1.50. The van der Waals surface area contributed by atoms with E-state index < -0.39 is 12.2 Å². The van der Waals surface area contributed by atoms with Crippen LogP contribution in [0.1, 0.15) is 37.2 Å². The van der Waals surface area contributed by atoms with Crippen LogP contribution in [0.4, 0.5) is 0 Å². The lowest BCUT2D eigenvalue weighted by atomic mass is 9.99. The van der Waals surface area contributed by atoms with Crippen molar-refractivity contribution < 1.29 is 19.7 Å². The molecule has 0 amide bonds. The first kappa shape index (κ1) is 19.2. The fraction of sp³-hybridized carbons (Fsp3) is 0.400. The van der Waals surface area contributed by atoms with E-state index in [1.165, 1.54) is 0 Å². The zero-order valence-electron chi connectivity index (χ0n) is 15.1. The van der Waals surface area contributed by atoms with Crippen LogP contribution in [0.15, 0.2) is 48.5 Å². The van der Waals surface area contributed by atoms with Crippen molar-refractivity contribution >= 4 is 0 Å². The molecule has 0 aromatic heterocycles. The van der Waals surface area contributed by atoms with E-state index in [2.05, 4.69) is 5.32 Å². The Balaban J connectivity index is 1.98. The molecule has 0 saturated carbocycles. The Bertz CT molecular complexity index is 584. The Morgan fingerprint density at radius 3 is 1.28 bits per heavy atom. The molecule has 136 valence electrons. The first-order chi connectivity index (χ1) is 12.0. The van der Waals surface area contributed by atoms with Crippen molar-refractivity contribution in [2.75, 3.05) is 14.2 Å². The van der Waals surface area contributed by atoms with Gasteiger partial charge in [0, 0.05) is 12.1 Å². The van der Waals surface area contributed by atoms with E-state index in [0.29, 0.717) is 0 Å². The van der Waals surface area contributed by atoms with Crippen LogP contribution in [-0.4, -0.2) is 36.5 Å². The van der Waals surface area contributed by atoms with Gasteiger partial charge in [0.2, 0.25) is 0 Å². The van der Waals surface area contributed by atoms with Crippen LogP contribution < -0.4 is 14.8 Å². The van der Waals surface area contributed by atoms with E-state index in [1.807, 2.05) is 62.4 Å². The lowest BCUT2D eigenvalue weighted by Gasteiger charge is -2.28. The first-order valence-electron chi connectivity index (χ1n) is 8.36. The molecule has 0 bridgehead atoms. The van der Waals surface area contributed by atoms with Gasteiger partial charge in [-0.3, -0.25) is 0 Å². The van der Waals surface area contributed by atoms with Gasteiger partial charge in [-0.15, -0.1) is 0 Å². The van der Waals surface area contributed by atoms with E-state index in [4.69, 9.17) is 9.47 Å². The Morgan fingerprint density at radius 2 is 1.00 bits per heavy atom. The lowest BCUT2D eigenvalue weighted by molar-refractivity contribution is 0.0918. The van der Waals surface area contributed by atoms with Crippen LogP contribution in [0.25, 0.3) is 0 Å². The molecule has 25 heavy (non-hydrogen) atoms. The van der Waals surface area contributed by atoms with Crippen molar-refractivity contribution in [3.63, 3.8) is 0 Å². The third kappa shape index (κ3) is 4.95. The summed E-state index contributed by atoms with van der Waals surface area (Å²) in [4.78, 5) is 0. The lowest BCUT2D eigenvalue weighted by Crippen LogP contribution is -2.41. The molecule has 0 saturated heterocycles. The molecule has 5 nitrogen and oxygen atoms in total. The molecule has 0 aliphatic carbocycles. The van der Waals surface area contributed by atoms with E-state index in [1.54, 1.807) is 14.2 Å². The quantitative estimate of drug-likeness (QED) is 0.686. The maximum atomic E-state index is 10.5. The Kier molecular flexibility index (Phi) is 6.82. The van der Waals surface area contributed by atoms with Crippen molar-refractivity contribution in [2.45, 2.75) is 38.1 Å². The molecule has 0 radical (unpaired) electrons. The molecule has 5 heteroatoms. The van der Waals surface area contributed by atoms with Gasteiger partial charge in [-0.25, -0.2) is 0 Å². The highest BCUT2D eigenvalue weighted by molar-refractivity contribution is 5.30. The predicted molar refractivity (Wildman–Crippen MR) is 98.0 cm³/mol. The van der Waals surface area contributed by atoms with Crippen LogP contribution in [0.2, 0.25) is 0 Å². The van der Waals surface area contributed by atoms with E-state index in [0.717, 1.165) is 22.6 Å². The van der Waals surface area contributed by atoms with Gasteiger partial charge in [0.25, 0.3) is 0 Å². The van der Waals surface area contributed by atoms with Crippen molar-refractivity contribution in [1.29, 1.82) is 0 Å². The molecule has 0 aliphatic heterocycles. The van der Waals surface area contributed by atoms with Gasteiger partial charge < -0.3 is 25.0 Å². The normalized spacial score (nSPS) is 15.9. The highest BCUT2D eigenvalue weighted by atomic mass is 16.5. The fourth-order valence-corrected chi connectivity index (χ4v) is 2.78. The van der Waals surface area contributed by atoms with Gasteiger partial charge in [0.05, 0.1) is 26.4 Å². The van der Waals surface area contributed by atoms with Gasteiger partial charge in [-0.05, 0) is 49.2 Å². The minimum absolute atomic E-state index is 0.226. The number of methoxy groups -OCH3 is 2. The zero-order valence-corrected chi connectivity index (χ0v) is 15.1. The zero-order chi connectivity index (χ0) is 18.4.